The number of amides is 1. The number of ether oxygens (including phenoxy) is 1. The van der Waals surface area contributed by atoms with Crippen molar-refractivity contribution in [1.29, 1.82) is 0 Å². The number of hydrogen-bond donors (Lipinski definition) is 0. The molecule has 33 heavy (non-hydrogen) atoms. The highest BCUT2D eigenvalue weighted by molar-refractivity contribution is 7.91. The second kappa shape index (κ2) is 9.67. The molecular weight excluding hydrogens is 467 g/mol. The van der Waals surface area contributed by atoms with Gasteiger partial charge in [-0.1, -0.05) is 17.4 Å². The maximum atomic E-state index is 14.2. The van der Waals surface area contributed by atoms with Crippen molar-refractivity contribution < 1.29 is 22.3 Å². The van der Waals surface area contributed by atoms with E-state index in [0.29, 0.717) is 22.1 Å². The maximum Gasteiger partial charge on any atom is 0.229 e. The molecule has 0 radical (unpaired) electrons. The van der Waals surface area contributed by atoms with Gasteiger partial charge in [-0.05, 0) is 42.5 Å². The van der Waals surface area contributed by atoms with E-state index in [4.69, 9.17) is 4.74 Å². The lowest BCUT2D eigenvalue weighted by molar-refractivity contribution is -0.118. The summed E-state index contributed by atoms with van der Waals surface area (Å²) in [6.07, 6.45) is 3.14. The van der Waals surface area contributed by atoms with Crippen LogP contribution in [0.1, 0.15) is 6.42 Å². The topological polar surface area (TPSA) is 94.4 Å². The number of halogens is 1. The zero-order valence-corrected chi connectivity index (χ0v) is 19.4. The molecule has 2 aromatic heterocycles. The monoisotopic (exact) mass is 488 g/mol. The summed E-state index contributed by atoms with van der Waals surface area (Å²) in [6.45, 7) is 0.590. The van der Waals surface area contributed by atoms with Crippen LogP contribution >= 0.6 is 11.3 Å². The minimum absolute atomic E-state index is 0.112. The fourth-order valence-electron chi connectivity index (χ4n) is 3.24. The number of para-hydroxylation sites is 1. The van der Waals surface area contributed by atoms with E-state index < -0.39 is 21.6 Å². The number of sulfone groups is 1. The van der Waals surface area contributed by atoms with E-state index >= 15 is 0 Å². The molecule has 0 unspecified atom stereocenters. The summed E-state index contributed by atoms with van der Waals surface area (Å²) < 4.78 is 46.9. The summed E-state index contributed by atoms with van der Waals surface area (Å²) in [5.74, 6) is -0.719. The number of nitrogens with zero attached hydrogens (tertiary/aromatic N) is 4. The SMILES string of the molecule is COc1ccc(S(=O)(=O)CCC(=O)N(CCn2cccn2)c2nc3c(F)cccc3s2)cc1. The van der Waals surface area contributed by atoms with Crippen LogP contribution in [0.4, 0.5) is 9.52 Å². The number of carbonyl (C=O) groups excluding carboxylic acids is 1. The zero-order valence-electron chi connectivity index (χ0n) is 17.7. The van der Waals surface area contributed by atoms with Gasteiger partial charge in [0.25, 0.3) is 0 Å². The number of thiazole rings is 1. The summed E-state index contributed by atoms with van der Waals surface area (Å²) in [5, 5.41) is 4.45. The molecule has 1 amide bonds. The van der Waals surface area contributed by atoms with Gasteiger partial charge in [-0.3, -0.25) is 14.4 Å². The number of hydrogen-bond acceptors (Lipinski definition) is 7. The van der Waals surface area contributed by atoms with Crippen molar-refractivity contribution in [1.82, 2.24) is 14.8 Å². The van der Waals surface area contributed by atoms with E-state index in [9.17, 15) is 17.6 Å². The molecule has 0 aliphatic rings. The molecule has 0 fully saturated rings. The summed E-state index contributed by atoms with van der Waals surface area (Å²) in [4.78, 5) is 18.9. The van der Waals surface area contributed by atoms with Crippen molar-refractivity contribution in [2.45, 2.75) is 17.9 Å². The molecule has 8 nitrogen and oxygen atoms in total. The Bertz CT molecular complexity index is 1350. The first-order valence-corrected chi connectivity index (χ1v) is 12.5. The molecule has 0 atom stereocenters. The van der Waals surface area contributed by atoms with E-state index in [-0.39, 0.29) is 29.1 Å². The van der Waals surface area contributed by atoms with Crippen molar-refractivity contribution >= 4 is 42.4 Å². The lowest BCUT2D eigenvalue weighted by Gasteiger charge is -2.20. The quantitative estimate of drug-likeness (QED) is 0.358. The summed E-state index contributed by atoms with van der Waals surface area (Å²) in [6, 6.07) is 12.4. The number of methoxy groups -OCH3 is 1. The van der Waals surface area contributed by atoms with E-state index in [0.717, 1.165) is 0 Å². The highest BCUT2D eigenvalue weighted by Crippen LogP contribution is 2.31. The number of aromatic nitrogens is 3. The van der Waals surface area contributed by atoms with Gasteiger partial charge in [0, 0.05) is 25.4 Å². The molecule has 0 saturated carbocycles. The number of benzene rings is 2. The third-order valence-corrected chi connectivity index (χ3v) is 7.78. The Kier molecular flexibility index (Phi) is 6.70. The summed E-state index contributed by atoms with van der Waals surface area (Å²) in [7, 11) is -2.19. The van der Waals surface area contributed by atoms with E-state index in [1.54, 1.807) is 47.4 Å². The predicted octanol–water partition coefficient (Wildman–Crippen LogP) is 3.54. The van der Waals surface area contributed by atoms with Crippen molar-refractivity contribution in [3.8, 4) is 5.75 Å². The summed E-state index contributed by atoms with van der Waals surface area (Å²) in [5.41, 5.74) is 0.181. The molecule has 0 N–H and O–H groups in total. The summed E-state index contributed by atoms with van der Waals surface area (Å²) >= 11 is 1.18. The second-order valence-electron chi connectivity index (χ2n) is 7.14. The molecule has 172 valence electrons. The van der Waals surface area contributed by atoms with Gasteiger partial charge in [-0.2, -0.15) is 5.10 Å². The van der Waals surface area contributed by atoms with Gasteiger partial charge in [0.05, 0.1) is 29.0 Å². The molecule has 11 heteroatoms. The van der Waals surface area contributed by atoms with Crippen molar-refractivity contribution in [3.05, 3.63) is 66.7 Å². The van der Waals surface area contributed by atoms with Gasteiger partial charge in [-0.25, -0.2) is 17.8 Å². The van der Waals surface area contributed by atoms with Crippen LogP contribution in [0, 0.1) is 5.82 Å². The number of anilines is 1. The Morgan fingerprint density at radius 2 is 1.97 bits per heavy atom. The van der Waals surface area contributed by atoms with Gasteiger partial charge >= 0.3 is 0 Å². The fourth-order valence-corrected chi connectivity index (χ4v) is 5.49. The van der Waals surface area contributed by atoms with Crippen LogP contribution < -0.4 is 9.64 Å². The smallest absolute Gasteiger partial charge is 0.229 e. The first-order valence-electron chi connectivity index (χ1n) is 10.1. The molecule has 0 saturated heterocycles. The fraction of sp³-hybridized carbons (Fsp3) is 0.227. The molecule has 4 aromatic rings. The minimum Gasteiger partial charge on any atom is -0.497 e. The van der Waals surface area contributed by atoms with Crippen LogP contribution in [0.2, 0.25) is 0 Å². The highest BCUT2D eigenvalue weighted by atomic mass is 32.2. The van der Waals surface area contributed by atoms with Crippen LogP contribution in [-0.4, -0.2) is 48.5 Å². The molecular formula is C22H21FN4O4S2. The van der Waals surface area contributed by atoms with E-state index in [1.807, 2.05) is 0 Å². The largest absolute Gasteiger partial charge is 0.497 e. The standard InChI is InChI=1S/C22H21FN4O4S2/c1-31-16-6-8-17(9-7-16)33(29,30)15-10-20(28)27(14-13-26-12-3-11-24-26)22-25-21-18(23)4-2-5-19(21)32-22/h2-9,11-12H,10,13-15H2,1H3. The van der Waals surface area contributed by atoms with Gasteiger partial charge in [0.15, 0.2) is 15.0 Å². The molecule has 0 aliphatic heterocycles. The number of rotatable bonds is 9. The molecule has 0 spiro atoms. The maximum absolute atomic E-state index is 14.2. The second-order valence-corrected chi connectivity index (χ2v) is 10.3. The molecule has 2 aromatic carbocycles. The van der Waals surface area contributed by atoms with Crippen molar-refractivity contribution in [2.24, 2.45) is 0 Å². The van der Waals surface area contributed by atoms with Crippen LogP contribution in [0.15, 0.2) is 65.8 Å². The van der Waals surface area contributed by atoms with Crippen LogP contribution in [0.25, 0.3) is 10.2 Å². The van der Waals surface area contributed by atoms with Crippen LogP contribution in [0.5, 0.6) is 5.75 Å². The van der Waals surface area contributed by atoms with Crippen molar-refractivity contribution in [3.63, 3.8) is 0 Å². The van der Waals surface area contributed by atoms with E-state index in [1.165, 1.54) is 41.5 Å². The third kappa shape index (κ3) is 5.20. The minimum atomic E-state index is -3.68. The Hall–Kier alpha value is -3.31. The number of fused-ring (bicyclic) bond motifs is 1. The highest BCUT2D eigenvalue weighted by Gasteiger charge is 2.24. The Labute approximate surface area is 194 Å². The first kappa shape index (κ1) is 22.9. The lowest BCUT2D eigenvalue weighted by atomic mass is 10.3. The average Bonchev–Trinajstić information content (AvgIpc) is 3.49. The first-order chi connectivity index (χ1) is 15.9. The lowest BCUT2D eigenvalue weighted by Crippen LogP contribution is -2.35. The average molecular weight is 489 g/mol. The molecule has 4 rings (SSSR count). The third-order valence-electron chi connectivity index (χ3n) is 5.01. The van der Waals surface area contributed by atoms with Crippen LogP contribution in [0.3, 0.4) is 0 Å². The van der Waals surface area contributed by atoms with Gasteiger partial charge in [0.2, 0.25) is 5.91 Å². The number of carbonyl (C=O) groups is 1. The molecule has 0 aliphatic carbocycles. The van der Waals surface area contributed by atoms with Crippen LogP contribution in [-0.2, 0) is 21.2 Å². The molecule has 0 bridgehead atoms. The van der Waals surface area contributed by atoms with Gasteiger partial charge in [0.1, 0.15) is 17.1 Å². The van der Waals surface area contributed by atoms with Gasteiger partial charge in [-0.15, -0.1) is 0 Å². The Balaban J connectivity index is 1.54. The van der Waals surface area contributed by atoms with E-state index in [2.05, 4.69) is 10.1 Å². The zero-order chi connectivity index (χ0) is 23.4. The van der Waals surface area contributed by atoms with Crippen molar-refractivity contribution in [2.75, 3.05) is 24.3 Å². The Morgan fingerprint density at radius 1 is 1.18 bits per heavy atom. The predicted molar refractivity (Wildman–Crippen MR) is 124 cm³/mol. The molecule has 2 heterocycles. The normalized spacial score (nSPS) is 11.6. The Morgan fingerprint density at radius 3 is 2.64 bits per heavy atom. The van der Waals surface area contributed by atoms with Gasteiger partial charge < -0.3 is 4.74 Å².